The van der Waals surface area contributed by atoms with Crippen molar-refractivity contribution in [1.29, 1.82) is 0 Å². The summed E-state index contributed by atoms with van der Waals surface area (Å²) in [5.74, 6) is -0.845. The van der Waals surface area contributed by atoms with Crippen LogP contribution in [0.15, 0.2) is 48.6 Å². The average molecular weight is 1050 g/mol. The topological polar surface area (TPSA) is 134 Å². The number of nitrogens with two attached hydrogens (primary N) is 1. The van der Waals surface area contributed by atoms with Crippen LogP contribution in [0.5, 0.6) is 0 Å². The van der Waals surface area contributed by atoms with Gasteiger partial charge in [0.2, 0.25) is 0 Å². The first-order valence-electron chi connectivity index (χ1n) is 31.1. The van der Waals surface area contributed by atoms with Gasteiger partial charge in [0.1, 0.15) is 6.61 Å². The Balaban J connectivity index is 3.80. The second-order valence-electron chi connectivity index (χ2n) is 20.9. The molecule has 0 rings (SSSR count). The molecule has 0 bridgehead atoms. The lowest BCUT2D eigenvalue weighted by Gasteiger charge is -2.19. The zero-order valence-electron chi connectivity index (χ0n) is 47.9. The quantitative estimate of drug-likeness (QED) is 0.0264. The predicted molar refractivity (Wildman–Crippen MR) is 312 cm³/mol. The van der Waals surface area contributed by atoms with Crippen molar-refractivity contribution in [2.45, 2.75) is 315 Å². The predicted octanol–water partition coefficient (Wildman–Crippen LogP) is 19.7. The number of hydrogen-bond donors (Lipinski definition) is 2. The first-order chi connectivity index (χ1) is 35.8. The fourth-order valence-corrected chi connectivity index (χ4v) is 9.93. The van der Waals surface area contributed by atoms with Crippen molar-refractivity contribution in [1.82, 2.24) is 0 Å². The third-order valence-electron chi connectivity index (χ3n) is 13.7. The highest BCUT2D eigenvalue weighted by atomic mass is 31.2. The summed E-state index contributed by atoms with van der Waals surface area (Å²) in [6, 6.07) is 0. The van der Waals surface area contributed by atoms with Crippen molar-refractivity contribution >= 4 is 19.8 Å². The van der Waals surface area contributed by atoms with Crippen LogP contribution >= 0.6 is 7.82 Å². The lowest BCUT2D eigenvalue weighted by Crippen LogP contribution is -2.29. The first kappa shape index (κ1) is 71.0. The van der Waals surface area contributed by atoms with E-state index in [-0.39, 0.29) is 38.6 Å². The Hall–Kier alpha value is -2.03. The summed E-state index contributed by atoms with van der Waals surface area (Å²) in [4.78, 5) is 35.2. The maximum Gasteiger partial charge on any atom is 0.472 e. The number of carbonyl (C=O) groups excluding carboxylic acids is 2. The molecule has 0 radical (unpaired) electrons. The number of unbranched alkanes of at least 4 members (excludes halogenated alkanes) is 38. The minimum absolute atomic E-state index is 0.0488. The lowest BCUT2D eigenvalue weighted by atomic mass is 10.0. The molecule has 0 spiro atoms. The van der Waals surface area contributed by atoms with E-state index >= 15 is 0 Å². The highest BCUT2D eigenvalue weighted by Gasteiger charge is 2.26. The van der Waals surface area contributed by atoms with Gasteiger partial charge < -0.3 is 20.1 Å². The van der Waals surface area contributed by atoms with E-state index in [1.165, 1.54) is 205 Å². The van der Waals surface area contributed by atoms with Crippen LogP contribution < -0.4 is 5.73 Å². The molecule has 2 unspecified atom stereocenters. The minimum atomic E-state index is -4.39. The van der Waals surface area contributed by atoms with Crippen LogP contribution in [0.25, 0.3) is 0 Å². The molecule has 10 heteroatoms. The van der Waals surface area contributed by atoms with Gasteiger partial charge in [-0.15, -0.1) is 0 Å². The van der Waals surface area contributed by atoms with E-state index in [1.54, 1.807) is 0 Å². The molecule has 0 aliphatic carbocycles. The molecular formula is C63H118NO8P. The van der Waals surface area contributed by atoms with Gasteiger partial charge >= 0.3 is 19.8 Å². The molecule has 3 N–H and O–H groups in total. The van der Waals surface area contributed by atoms with Gasteiger partial charge in [0.15, 0.2) is 6.10 Å². The van der Waals surface area contributed by atoms with E-state index in [0.717, 1.165) is 70.6 Å². The van der Waals surface area contributed by atoms with Crippen molar-refractivity contribution in [3.05, 3.63) is 48.6 Å². The van der Waals surface area contributed by atoms with Crippen LogP contribution in [0, 0.1) is 0 Å². The van der Waals surface area contributed by atoms with Gasteiger partial charge in [-0.3, -0.25) is 18.6 Å². The Morgan fingerprint density at radius 2 is 0.753 bits per heavy atom. The Kier molecular flexibility index (Phi) is 57.6. The third-order valence-corrected chi connectivity index (χ3v) is 14.7. The Morgan fingerprint density at radius 3 is 1.12 bits per heavy atom. The van der Waals surface area contributed by atoms with Gasteiger partial charge in [-0.1, -0.05) is 294 Å². The Bertz CT molecular complexity index is 1330. The summed E-state index contributed by atoms with van der Waals surface area (Å²) in [5, 5.41) is 0. The molecule has 0 aromatic carbocycles. The van der Waals surface area contributed by atoms with Gasteiger partial charge in [-0.05, 0) is 51.4 Å². The number of rotatable bonds is 59. The molecule has 0 saturated carbocycles. The maximum absolute atomic E-state index is 12.7. The number of allylic oxidation sites excluding steroid dienone is 8. The molecule has 0 saturated heterocycles. The molecule has 0 amide bonds. The smallest absolute Gasteiger partial charge is 0.462 e. The molecular weight excluding hydrogens is 930 g/mol. The summed E-state index contributed by atoms with van der Waals surface area (Å²) in [7, 11) is -4.39. The monoisotopic (exact) mass is 1050 g/mol. The van der Waals surface area contributed by atoms with Crippen LogP contribution in [-0.4, -0.2) is 49.3 Å². The Morgan fingerprint density at radius 1 is 0.425 bits per heavy atom. The van der Waals surface area contributed by atoms with Crippen molar-refractivity contribution in [3.63, 3.8) is 0 Å². The van der Waals surface area contributed by atoms with Gasteiger partial charge in [0, 0.05) is 19.4 Å². The number of ether oxygens (including phenoxy) is 2. The fraction of sp³-hybridized carbons (Fsp3) is 0.841. The summed E-state index contributed by atoms with van der Waals surface area (Å²) in [6.45, 7) is 3.64. The van der Waals surface area contributed by atoms with Crippen molar-refractivity contribution in [2.24, 2.45) is 5.73 Å². The van der Waals surface area contributed by atoms with Gasteiger partial charge in [0.25, 0.3) is 0 Å². The van der Waals surface area contributed by atoms with Crippen LogP contribution in [0.1, 0.15) is 309 Å². The standard InChI is InChI=1S/C63H118NO8P/c1-3-5-7-9-11-13-15-17-19-21-22-23-24-25-26-27-28-29-30-31-32-33-34-35-36-37-38-40-41-43-45-47-49-51-53-55-62(65)69-59-61(60-71-73(67,68)70-58-57-64)72-63(66)56-54-52-50-48-46-44-42-39-20-18-16-14-12-10-8-6-4-2/h6,8,12,14,18,20,42,44,61H,3-5,7,9-11,13,15-17,19,21-41,43,45-60,64H2,1-2H3,(H,67,68)/b8-6-,14-12-,20-18-,44-42-. The second kappa shape index (κ2) is 59.2. The van der Waals surface area contributed by atoms with Crippen LogP contribution in [0.2, 0.25) is 0 Å². The average Bonchev–Trinajstić information content (AvgIpc) is 3.38. The van der Waals surface area contributed by atoms with Gasteiger partial charge in [0.05, 0.1) is 13.2 Å². The van der Waals surface area contributed by atoms with E-state index in [4.69, 9.17) is 24.3 Å². The van der Waals surface area contributed by atoms with Crippen LogP contribution in [-0.2, 0) is 32.7 Å². The summed E-state index contributed by atoms with van der Waals surface area (Å²) < 4.78 is 33.0. The zero-order valence-corrected chi connectivity index (χ0v) is 48.8. The summed E-state index contributed by atoms with van der Waals surface area (Å²) in [5.41, 5.74) is 5.38. The molecule has 0 aromatic heterocycles. The van der Waals surface area contributed by atoms with Crippen LogP contribution in [0.4, 0.5) is 0 Å². The normalized spacial score (nSPS) is 13.3. The van der Waals surface area contributed by atoms with E-state index in [9.17, 15) is 19.0 Å². The largest absolute Gasteiger partial charge is 0.472 e. The maximum atomic E-state index is 12.7. The molecule has 9 nitrogen and oxygen atoms in total. The summed E-state index contributed by atoms with van der Waals surface area (Å²) in [6.07, 6.45) is 73.5. The number of carbonyl (C=O) groups is 2. The number of phosphoric acid groups is 1. The molecule has 428 valence electrons. The van der Waals surface area contributed by atoms with E-state index < -0.39 is 26.5 Å². The molecule has 0 heterocycles. The SMILES string of the molecule is CC/C=C\C/C=C\C/C=C\C/C=C\CCCCCCC(=O)OC(COC(=O)CCCCCCCCCCCCCCCCCCCCCCCCCCCCCCCCCCCCC)COP(=O)(O)OCCN. The number of phosphoric ester groups is 1. The summed E-state index contributed by atoms with van der Waals surface area (Å²) >= 11 is 0. The lowest BCUT2D eigenvalue weighted by molar-refractivity contribution is -0.161. The van der Waals surface area contributed by atoms with Crippen LogP contribution in [0.3, 0.4) is 0 Å². The molecule has 0 fully saturated rings. The van der Waals surface area contributed by atoms with Gasteiger partial charge in [-0.2, -0.15) is 0 Å². The molecule has 0 aliphatic heterocycles. The fourth-order valence-electron chi connectivity index (χ4n) is 9.16. The van der Waals surface area contributed by atoms with E-state index in [0.29, 0.717) is 6.42 Å². The second-order valence-corrected chi connectivity index (χ2v) is 22.4. The molecule has 0 aromatic rings. The Labute approximate surface area is 451 Å². The number of esters is 2. The first-order valence-corrected chi connectivity index (χ1v) is 32.6. The molecule has 0 aliphatic rings. The highest BCUT2D eigenvalue weighted by Crippen LogP contribution is 2.43. The highest BCUT2D eigenvalue weighted by molar-refractivity contribution is 7.47. The minimum Gasteiger partial charge on any atom is -0.462 e. The van der Waals surface area contributed by atoms with Gasteiger partial charge in [-0.25, -0.2) is 4.57 Å². The number of hydrogen-bond acceptors (Lipinski definition) is 8. The third kappa shape index (κ3) is 59.1. The molecule has 2 atom stereocenters. The zero-order chi connectivity index (χ0) is 53.1. The van der Waals surface area contributed by atoms with E-state index in [1.807, 2.05) is 0 Å². The van der Waals surface area contributed by atoms with Crippen molar-refractivity contribution in [2.75, 3.05) is 26.4 Å². The van der Waals surface area contributed by atoms with Crippen molar-refractivity contribution < 1.29 is 37.6 Å². The molecule has 73 heavy (non-hydrogen) atoms. The van der Waals surface area contributed by atoms with E-state index in [2.05, 4.69) is 62.5 Å². The van der Waals surface area contributed by atoms with Crippen molar-refractivity contribution in [3.8, 4) is 0 Å².